The fraction of sp³-hybridized carbons (Fsp3) is 0.190. The van der Waals surface area contributed by atoms with Crippen molar-refractivity contribution in [1.82, 2.24) is 14.9 Å². The second-order valence-corrected chi connectivity index (χ2v) is 7.51. The lowest BCUT2D eigenvalue weighted by atomic mass is 10.1. The molecule has 0 bridgehead atoms. The number of benzene rings is 2. The van der Waals surface area contributed by atoms with Gasteiger partial charge >= 0.3 is 0 Å². The second-order valence-electron chi connectivity index (χ2n) is 6.57. The molecule has 28 heavy (non-hydrogen) atoms. The number of nitrogens with zero attached hydrogens (tertiary/aromatic N) is 2. The normalized spacial score (nSPS) is 12.4. The minimum Gasteiger partial charge on any atom is -0.467 e. The van der Waals surface area contributed by atoms with Crippen LogP contribution in [0.2, 0.25) is 0 Å². The highest BCUT2D eigenvalue weighted by molar-refractivity contribution is 7.99. The van der Waals surface area contributed by atoms with Crippen molar-refractivity contribution in [2.75, 3.05) is 5.75 Å². The van der Waals surface area contributed by atoms with Crippen LogP contribution >= 0.6 is 11.8 Å². The standard InChI is InChI=1S/C21H19N3O3S/c1-13(18-8-5-9-27-18)22-19(25)12-28-21-23-17-11-15-7-4-3-6-14(15)10-16(17)20(26)24(21)2/h3-11,13H,12H2,1-2H3,(H,22,25)/t13-/m1/s1. The summed E-state index contributed by atoms with van der Waals surface area (Å²) in [6.45, 7) is 1.86. The maximum atomic E-state index is 12.8. The molecule has 1 N–H and O–H groups in total. The number of furan rings is 1. The molecule has 2 heterocycles. The molecule has 4 aromatic rings. The highest BCUT2D eigenvalue weighted by atomic mass is 32.2. The van der Waals surface area contributed by atoms with Crippen LogP contribution in [-0.2, 0) is 11.8 Å². The zero-order chi connectivity index (χ0) is 19.7. The fourth-order valence-electron chi connectivity index (χ4n) is 3.09. The van der Waals surface area contributed by atoms with E-state index in [-0.39, 0.29) is 23.3 Å². The number of nitrogens with one attached hydrogen (secondary N) is 1. The van der Waals surface area contributed by atoms with Crippen LogP contribution in [0.3, 0.4) is 0 Å². The maximum absolute atomic E-state index is 12.8. The van der Waals surface area contributed by atoms with E-state index in [1.165, 1.54) is 16.3 Å². The van der Waals surface area contributed by atoms with E-state index in [0.29, 0.717) is 21.8 Å². The molecule has 4 rings (SSSR count). The molecule has 2 aromatic heterocycles. The van der Waals surface area contributed by atoms with Gasteiger partial charge in [0.2, 0.25) is 5.91 Å². The molecule has 0 aliphatic heterocycles. The number of amides is 1. The van der Waals surface area contributed by atoms with Crippen molar-refractivity contribution >= 4 is 39.3 Å². The van der Waals surface area contributed by atoms with Gasteiger partial charge in [0, 0.05) is 7.05 Å². The molecule has 7 heteroatoms. The third kappa shape index (κ3) is 3.53. The number of hydrogen-bond donors (Lipinski definition) is 1. The van der Waals surface area contributed by atoms with Gasteiger partial charge in [0.1, 0.15) is 5.76 Å². The molecule has 1 atom stereocenters. The summed E-state index contributed by atoms with van der Waals surface area (Å²) in [5.41, 5.74) is 0.510. The molecule has 1 amide bonds. The number of carbonyl (C=O) groups excluding carboxylic acids is 1. The first-order valence-corrected chi connectivity index (χ1v) is 9.86. The summed E-state index contributed by atoms with van der Waals surface area (Å²) in [4.78, 5) is 29.6. The summed E-state index contributed by atoms with van der Waals surface area (Å²) in [6, 6.07) is 15.0. The van der Waals surface area contributed by atoms with Gasteiger partial charge in [0.05, 0.1) is 29.0 Å². The van der Waals surface area contributed by atoms with E-state index in [9.17, 15) is 9.59 Å². The fourth-order valence-corrected chi connectivity index (χ4v) is 3.87. The molecule has 6 nitrogen and oxygen atoms in total. The van der Waals surface area contributed by atoms with Crippen molar-refractivity contribution in [3.05, 3.63) is 70.9 Å². The lowest BCUT2D eigenvalue weighted by Gasteiger charge is -2.12. The van der Waals surface area contributed by atoms with E-state index >= 15 is 0 Å². The molecular weight excluding hydrogens is 374 g/mol. The van der Waals surface area contributed by atoms with Crippen LogP contribution < -0.4 is 10.9 Å². The zero-order valence-corrected chi connectivity index (χ0v) is 16.3. The smallest absolute Gasteiger partial charge is 0.261 e. The van der Waals surface area contributed by atoms with Gasteiger partial charge in [0.15, 0.2) is 5.16 Å². The van der Waals surface area contributed by atoms with Crippen LogP contribution in [0.15, 0.2) is 69.2 Å². The zero-order valence-electron chi connectivity index (χ0n) is 15.5. The Morgan fingerprint density at radius 1 is 1.21 bits per heavy atom. The molecule has 0 aliphatic rings. The first kappa shape index (κ1) is 18.3. The first-order valence-electron chi connectivity index (χ1n) is 8.88. The topological polar surface area (TPSA) is 77.1 Å². The Labute approximate surface area is 165 Å². The Kier molecular flexibility index (Phi) is 4.92. The number of fused-ring (bicyclic) bond motifs is 2. The predicted octanol–water partition coefficient (Wildman–Crippen LogP) is 3.65. The van der Waals surface area contributed by atoms with E-state index in [0.717, 1.165) is 10.8 Å². The number of rotatable bonds is 5. The lowest BCUT2D eigenvalue weighted by Crippen LogP contribution is -2.28. The van der Waals surface area contributed by atoms with E-state index in [4.69, 9.17) is 4.42 Å². The van der Waals surface area contributed by atoms with Crippen molar-refractivity contribution in [1.29, 1.82) is 0 Å². The van der Waals surface area contributed by atoms with Crippen LogP contribution in [-0.4, -0.2) is 21.2 Å². The van der Waals surface area contributed by atoms with Crippen LogP contribution in [0.5, 0.6) is 0 Å². The van der Waals surface area contributed by atoms with Crippen LogP contribution in [0, 0.1) is 0 Å². The van der Waals surface area contributed by atoms with Gasteiger partial charge < -0.3 is 9.73 Å². The molecule has 0 unspecified atom stereocenters. The second kappa shape index (κ2) is 7.52. The molecular formula is C21H19N3O3S. The number of thioether (sulfide) groups is 1. The van der Waals surface area contributed by atoms with Gasteiger partial charge in [-0.05, 0) is 42.0 Å². The third-order valence-electron chi connectivity index (χ3n) is 4.58. The SMILES string of the molecule is C[C@@H](NC(=O)CSc1nc2cc3ccccc3cc2c(=O)n1C)c1ccco1. The molecule has 0 saturated carbocycles. The third-order valence-corrected chi connectivity index (χ3v) is 5.61. The average Bonchev–Trinajstić information content (AvgIpc) is 3.23. The quantitative estimate of drug-likeness (QED) is 0.318. The van der Waals surface area contributed by atoms with Crippen molar-refractivity contribution in [3.8, 4) is 0 Å². The van der Waals surface area contributed by atoms with Crippen LogP contribution in [0.1, 0.15) is 18.7 Å². The Balaban J connectivity index is 1.56. The Bertz CT molecular complexity index is 1220. The molecule has 0 radical (unpaired) electrons. The molecule has 2 aromatic carbocycles. The highest BCUT2D eigenvalue weighted by Gasteiger charge is 2.15. The summed E-state index contributed by atoms with van der Waals surface area (Å²) < 4.78 is 6.79. The average molecular weight is 393 g/mol. The summed E-state index contributed by atoms with van der Waals surface area (Å²) in [6.07, 6.45) is 1.57. The molecule has 0 saturated heterocycles. The van der Waals surface area contributed by atoms with E-state index in [1.54, 1.807) is 19.4 Å². The molecule has 0 aliphatic carbocycles. The minimum absolute atomic E-state index is 0.123. The number of aromatic nitrogens is 2. The maximum Gasteiger partial charge on any atom is 0.261 e. The van der Waals surface area contributed by atoms with Gasteiger partial charge in [-0.25, -0.2) is 4.98 Å². The number of hydrogen-bond acceptors (Lipinski definition) is 5. The Hall–Kier alpha value is -3.06. The summed E-state index contributed by atoms with van der Waals surface area (Å²) in [5.74, 6) is 0.702. The van der Waals surface area contributed by atoms with Gasteiger partial charge in [-0.3, -0.25) is 14.2 Å². The lowest BCUT2D eigenvalue weighted by molar-refractivity contribution is -0.119. The summed E-state index contributed by atoms with van der Waals surface area (Å²) >= 11 is 1.24. The van der Waals surface area contributed by atoms with Gasteiger partial charge in [-0.1, -0.05) is 36.0 Å². The predicted molar refractivity (Wildman–Crippen MR) is 110 cm³/mol. The molecule has 0 spiro atoms. The Morgan fingerprint density at radius 2 is 1.96 bits per heavy atom. The van der Waals surface area contributed by atoms with Gasteiger partial charge in [0.25, 0.3) is 5.56 Å². The van der Waals surface area contributed by atoms with Gasteiger partial charge in [-0.15, -0.1) is 0 Å². The van der Waals surface area contributed by atoms with Crippen molar-refractivity contribution in [2.24, 2.45) is 7.05 Å². The van der Waals surface area contributed by atoms with Crippen molar-refractivity contribution < 1.29 is 9.21 Å². The largest absolute Gasteiger partial charge is 0.467 e. The van der Waals surface area contributed by atoms with E-state index in [1.807, 2.05) is 49.4 Å². The highest BCUT2D eigenvalue weighted by Crippen LogP contribution is 2.22. The Morgan fingerprint density at radius 3 is 2.68 bits per heavy atom. The summed E-state index contributed by atoms with van der Waals surface area (Å²) in [7, 11) is 1.68. The van der Waals surface area contributed by atoms with E-state index < -0.39 is 0 Å². The molecule has 142 valence electrons. The van der Waals surface area contributed by atoms with Crippen molar-refractivity contribution in [3.63, 3.8) is 0 Å². The van der Waals surface area contributed by atoms with Crippen LogP contribution in [0.25, 0.3) is 21.7 Å². The van der Waals surface area contributed by atoms with Gasteiger partial charge in [-0.2, -0.15) is 0 Å². The summed E-state index contributed by atoms with van der Waals surface area (Å²) in [5, 5.41) is 5.98. The van der Waals surface area contributed by atoms with E-state index in [2.05, 4.69) is 10.3 Å². The monoisotopic (exact) mass is 393 g/mol. The minimum atomic E-state index is -0.220. The van der Waals surface area contributed by atoms with Crippen molar-refractivity contribution in [2.45, 2.75) is 18.1 Å². The molecule has 0 fully saturated rings. The first-order chi connectivity index (χ1) is 13.5. The van der Waals surface area contributed by atoms with Crippen LogP contribution in [0.4, 0.5) is 0 Å². The number of carbonyl (C=O) groups is 1.